The van der Waals surface area contributed by atoms with Gasteiger partial charge in [-0.25, -0.2) is 0 Å². The van der Waals surface area contributed by atoms with Crippen molar-refractivity contribution >= 4 is 23.7 Å². The lowest BCUT2D eigenvalue weighted by Gasteiger charge is -2.10. The fourth-order valence-corrected chi connectivity index (χ4v) is 1.48. The Morgan fingerprint density at radius 1 is 1.50 bits per heavy atom. The van der Waals surface area contributed by atoms with E-state index in [9.17, 15) is 18.4 Å². The molecule has 0 fully saturated rings. The summed E-state index contributed by atoms with van der Waals surface area (Å²) in [5.74, 6) is -0.938. The normalized spacial score (nSPS) is 10.3. The summed E-state index contributed by atoms with van der Waals surface area (Å²) in [5, 5.41) is 0.0442. The quantitative estimate of drug-likeness (QED) is 0.608. The summed E-state index contributed by atoms with van der Waals surface area (Å²) < 4.78 is 28.3. The molecular weight excluding hydrogens is 242 g/mol. The lowest BCUT2D eigenvalue weighted by molar-refractivity contribution is -0.0501. The summed E-state index contributed by atoms with van der Waals surface area (Å²) >= 11 is 5.59. The van der Waals surface area contributed by atoms with E-state index in [0.29, 0.717) is 6.29 Å². The Bertz CT molecular complexity index is 432. The summed E-state index contributed by atoms with van der Waals surface area (Å²) in [6.07, 6.45) is 0.362. The zero-order valence-corrected chi connectivity index (χ0v) is 8.92. The van der Waals surface area contributed by atoms with E-state index in [1.807, 2.05) is 0 Å². The SMILES string of the molecule is CC(=O)c1c(C=O)cc(Cl)cc1OC(F)F. The van der Waals surface area contributed by atoms with Crippen molar-refractivity contribution in [2.24, 2.45) is 0 Å². The first-order valence-electron chi connectivity index (χ1n) is 4.20. The molecule has 0 amide bonds. The van der Waals surface area contributed by atoms with Gasteiger partial charge in [-0.05, 0) is 19.1 Å². The van der Waals surface area contributed by atoms with Crippen LogP contribution in [-0.4, -0.2) is 18.7 Å². The van der Waals surface area contributed by atoms with E-state index in [-0.39, 0.29) is 16.1 Å². The van der Waals surface area contributed by atoms with E-state index in [4.69, 9.17) is 11.6 Å². The number of alkyl halides is 2. The molecule has 86 valence electrons. The zero-order chi connectivity index (χ0) is 12.3. The third-order valence-electron chi connectivity index (χ3n) is 1.79. The van der Waals surface area contributed by atoms with Gasteiger partial charge in [0, 0.05) is 10.6 Å². The van der Waals surface area contributed by atoms with Crippen molar-refractivity contribution in [2.45, 2.75) is 13.5 Å². The molecule has 0 aliphatic rings. The van der Waals surface area contributed by atoms with Gasteiger partial charge in [-0.2, -0.15) is 8.78 Å². The van der Waals surface area contributed by atoms with Gasteiger partial charge in [0.05, 0.1) is 5.56 Å². The average molecular weight is 249 g/mol. The second kappa shape index (κ2) is 5.03. The van der Waals surface area contributed by atoms with Gasteiger partial charge in [0.2, 0.25) is 0 Å². The maximum Gasteiger partial charge on any atom is 0.387 e. The van der Waals surface area contributed by atoms with Crippen molar-refractivity contribution in [2.75, 3.05) is 0 Å². The van der Waals surface area contributed by atoms with Gasteiger partial charge in [0.1, 0.15) is 5.75 Å². The Morgan fingerprint density at radius 3 is 2.56 bits per heavy atom. The van der Waals surface area contributed by atoms with Crippen LogP contribution in [0.5, 0.6) is 5.75 Å². The van der Waals surface area contributed by atoms with Crippen LogP contribution < -0.4 is 4.74 Å². The molecule has 0 aliphatic carbocycles. The molecule has 16 heavy (non-hydrogen) atoms. The molecule has 0 atom stereocenters. The van der Waals surface area contributed by atoms with Crippen molar-refractivity contribution in [1.29, 1.82) is 0 Å². The smallest absolute Gasteiger partial charge is 0.387 e. The highest BCUT2D eigenvalue weighted by molar-refractivity contribution is 6.31. The Hall–Kier alpha value is -1.49. The van der Waals surface area contributed by atoms with Gasteiger partial charge in [-0.3, -0.25) is 9.59 Å². The Kier molecular flexibility index (Phi) is 3.95. The van der Waals surface area contributed by atoms with E-state index in [2.05, 4.69) is 4.74 Å². The Balaban J connectivity index is 3.37. The molecule has 1 aromatic carbocycles. The van der Waals surface area contributed by atoms with Crippen LogP contribution in [0.3, 0.4) is 0 Å². The second-order valence-corrected chi connectivity index (χ2v) is 3.36. The summed E-state index contributed by atoms with van der Waals surface area (Å²) in [4.78, 5) is 21.9. The topological polar surface area (TPSA) is 43.4 Å². The number of hydrogen-bond donors (Lipinski definition) is 0. The van der Waals surface area contributed by atoms with E-state index in [0.717, 1.165) is 13.0 Å². The van der Waals surface area contributed by atoms with Crippen LogP contribution >= 0.6 is 11.6 Å². The monoisotopic (exact) mass is 248 g/mol. The van der Waals surface area contributed by atoms with Gasteiger partial charge in [-0.1, -0.05) is 11.6 Å². The number of ether oxygens (including phenoxy) is 1. The molecular formula is C10H7ClF2O3. The minimum atomic E-state index is -3.09. The molecule has 0 radical (unpaired) electrons. The molecule has 0 spiro atoms. The van der Waals surface area contributed by atoms with E-state index in [1.165, 1.54) is 6.07 Å². The van der Waals surface area contributed by atoms with Crippen molar-refractivity contribution < 1.29 is 23.1 Å². The number of benzene rings is 1. The van der Waals surface area contributed by atoms with Crippen LogP contribution in [-0.2, 0) is 0 Å². The molecule has 0 N–H and O–H groups in total. The Labute approximate surface area is 95.0 Å². The summed E-state index contributed by atoms with van der Waals surface area (Å²) in [6.45, 7) is -1.94. The molecule has 0 heterocycles. The van der Waals surface area contributed by atoms with Crippen molar-refractivity contribution in [3.8, 4) is 5.75 Å². The maximum atomic E-state index is 12.1. The number of hydrogen-bond acceptors (Lipinski definition) is 3. The lowest BCUT2D eigenvalue weighted by atomic mass is 10.0. The average Bonchev–Trinajstić information content (AvgIpc) is 2.14. The van der Waals surface area contributed by atoms with Crippen molar-refractivity contribution in [3.05, 3.63) is 28.3 Å². The second-order valence-electron chi connectivity index (χ2n) is 2.92. The third kappa shape index (κ3) is 2.76. The van der Waals surface area contributed by atoms with Crippen molar-refractivity contribution in [1.82, 2.24) is 0 Å². The van der Waals surface area contributed by atoms with Gasteiger partial charge in [0.25, 0.3) is 0 Å². The maximum absolute atomic E-state index is 12.1. The van der Waals surface area contributed by atoms with Crippen LogP contribution in [0.15, 0.2) is 12.1 Å². The number of halogens is 3. The molecule has 0 aromatic heterocycles. The van der Waals surface area contributed by atoms with Gasteiger partial charge < -0.3 is 4.74 Å². The number of carbonyl (C=O) groups is 2. The number of carbonyl (C=O) groups excluding carboxylic acids is 2. The molecule has 0 saturated heterocycles. The fraction of sp³-hybridized carbons (Fsp3) is 0.200. The molecule has 6 heteroatoms. The molecule has 0 unspecified atom stereocenters. The van der Waals surface area contributed by atoms with Gasteiger partial charge >= 0.3 is 6.61 Å². The van der Waals surface area contributed by atoms with E-state index in [1.54, 1.807) is 0 Å². The molecule has 0 bridgehead atoms. The minimum Gasteiger partial charge on any atom is -0.434 e. The van der Waals surface area contributed by atoms with Crippen LogP contribution in [0.1, 0.15) is 27.6 Å². The summed E-state index contributed by atoms with van der Waals surface area (Å²) in [6, 6.07) is 2.28. The highest BCUT2D eigenvalue weighted by atomic mass is 35.5. The first-order chi connectivity index (χ1) is 7.45. The Morgan fingerprint density at radius 2 is 2.12 bits per heavy atom. The summed E-state index contributed by atoms with van der Waals surface area (Å²) in [7, 11) is 0. The summed E-state index contributed by atoms with van der Waals surface area (Å²) in [5.41, 5.74) is -0.268. The molecule has 1 rings (SSSR count). The first-order valence-corrected chi connectivity index (χ1v) is 4.58. The standard InChI is InChI=1S/C10H7ClF2O3/c1-5(15)9-6(4-14)2-7(11)3-8(9)16-10(12)13/h2-4,10H,1H3. The van der Waals surface area contributed by atoms with Crippen LogP contribution in [0, 0.1) is 0 Å². The van der Waals surface area contributed by atoms with Crippen LogP contribution in [0.2, 0.25) is 5.02 Å². The van der Waals surface area contributed by atoms with Crippen molar-refractivity contribution in [3.63, 3.8) is 0 Å². The van der Waals surface area contributed by atoms with Crippen LogP contribution in [0.25, 0.3) is 0 Å². The number of ketones is 1. The fourth-order valence-electron chi connectivity index (χ4n) is 1.26. The van der Waals surface area contributed by atoms with E-state index >= 15 is 0 Å². The van der Waals surface area contributed by atoms with E-state index < -0.39 is 18.1 Å². The predicted octanol–water partition coefficient (Wildman–Crippen LogP) is 2.96. The largest absolute Gasteiger partial charge is 0.434 e. The minimum absolute atomic E-state index is 0.0442. The molecule has 1 aromatic rings. The van der Waals surface area contributed by atoms with Crippen LogP contribution in [0.4, 0.5) is 8.78 Å². The molecule has 0 saturated carbocycles. The lowest BCUT2D eigenvalue weighted by Crippen LogP contribution is -2.09. The molecule has 0 aliphatic heterocycles. The number of Topliss-reactive ketones (excluding diaryl/α,β-unsaturated/α-hetero) is 1. The predicted molar refractivity (Wildman–Crippen MR) is 53.5 cm³/mol. The number of rotatable bonds is 4. The van der Waals surface area contributed by atoms with Gasteiger partial charge in [0.15, 0.2) is 12.1 Å². The zero-order valence-electron chi connectivity index (χ0n) is 8.17. The molecule has 3 nitrogen and oxygen atoms in total. The number of aldehydes is 1. The first kappa shape index (κ1) is 12.6. The van der Waals surface area contributed by atoms with Gasteiger partial charge in [-0.15, -0.1) is 0 Å². The highest BCUT2D eigenvalue weighted by Gasteiger charge is 2.18. The third-order valence-corrected chi connectivity index (χ3v) is 2.01. The highest BCUT2D eigenvalue weighted by Crippen LogP contribution is 2.28.